The first kappa shape index (κ1) is 12.8. The molecule has 1 aromatic heterocycles. The molecule has 0 amide bonds. The summed E-state index contributed by atoms with van der Waals surface area (Å²) >= 11 is 0. The Morgan fingerprint density at radius 3 is 2.06 bits per heavy atom. The Bertz CT molecular complexity index is 391. The predicted octanol–water partition coefficient (Wildman–Crippen LogP) is 4.28. The van der Waals surface area contributed by atoms with E-state index in [0.717, 1.165) is 11.4 Å². The monoisotopic (exact) mass is 218 g/mol. The zero-order chi connectivity index (χ0) is 12.1. The third-order valence-corrected chi connectivity index (χ3v) is 1.96. The molecule has 0 atom stereocenters. The lowest BCUT2D eigenvalue weighted by Crippen LogP contribution is -1.99. The Morgan fingerprint density at radius 1 is 1.00 bits per heavy atom. The molecule has 0 aliphatic carbocycles. The van der Waals surface area contributed by atoms with Crippen LogP contribution in [-0.2, 0) is 0 Å². The van der Waals surface area contributed by atoms with Crippen molar-refractivity contribution in [2.45, 2.75) is 40.7 Å². The summed E-state index contributed by atoms with van der Waals surface area (Å²) < 4.78 is 1.99. The third-order valence-electron chi connectivity index (χ3n) is 1.96. The van der Waals surface area contributed by atoms with E-state index in [-0.39, 0.29) is 0 Å². The quantitative estimate of drug-likeness (QED) is 0.698. The van der Waals surface area contributed by atoms with Crippen molar-refractivity contribution >= 4 is 10.9 Å². The molecule has 88 valence electrons. The lowest BCUT2D eigenvalue weighted by Gasteiger charge is -2.02. The Morgan fingerprint density at radius 2 is 1.56 bits per heavy atom. The van der Waals surface area contributed by atoms with Gasteiger partial charge in [-0.2, -0.15) is 5.10 Å². The molecule has 0 radical (unpaired) electrons. The number of benzene rings is 1. The van der Waals surface area contributed by atoms with Crippen LogP contribution in [0, 0.1) is 5.92 Å². The summed E-state index contributed by atoms with van der Waals surface area (Å²) in [4.78, 5) is 0. The second-order valence-electron chi connectivity index (χ2n) is 4.99. The minimum Gasteiger partial charge on any atom is -0.269 e. The van der Waals surface area contributed by atoms with Crippen LogP contribution in [0.5, 0.6) is 0 Å². The van der Waals surface area contributed by atoms with E-state index in [4.69, 9.17) is 0 Å². The van der Waals surface area contributed by atoms with Crippen molar-refractivity contribution in [3.8, 4) is 0 Å². The molecule has 0 bridgehead atoms. The molecule has 0 aliphatic rings. The molecule has 0 aliphatic heterocycles. The Labute approximate surface area is 98.3 Å². The van der Waals surface area contributed by atoms with E-state index in [1.165, 1.54) is 5.39 Å². The van der Waals surface area contributed by atoms with Crippen molar-refractivity contribution < 1.29 is 0 Å². The van der Waals surface area contributed by atoms with Gasteiger partial charge in [0.25, 0.3) is 0 Å². The number of aromatic nitrogens is 2. The van der Waals surface area contributed by atoms with Gasteiger partial charge in [0.1, 0.15) is 0 Å². The molecule has 0 saturated heterocycles. The fraction of sp³-hybridized carbons (Fsp3) is 0.500. The van der Waals surface area contributed by atoms with Crippen LogP contribution in [0.2, 0.25) is 0 Å². The van der Waals surface area contributed by atoms with E-state index >= 15 is 0 Å². The van der Waals surface area contributed by atoms with E-state index < -0.39 is 0 Å². The van der Waals surface area contributed by atoms with Gasteiger partial charge in [-0.3, -0.25) is 4.68 Å². The number of hydrogen-bond donors (Lipinski definition) is 0. The van der Waals surface area contributed by atoms with Crippen LogP contribution >= 0.6 is 0 Å². The zero-order valence-electron chi connectivity index (χ0n) is 10.9. The first-order chi connectivity index (χ1) is 7.50. The molecule has 0 saturated carbocycles. The van der Waals surface area contributed by atoms with Crippen LogP contribution in [-0.4, -0.2) is 9.78 Å². The molecule has 0 spiro atoms. The third kappa shape index (κ3) is 3.69. The second kappa shape index (κ2) is 5.69. The van der Waals surface area contributed by atoms with Gasteiger partial charge in [0.2, 0.25) is 0 Å². The molecule has 16 heavy (non-hydrogen) atoms. The molecule has 2 heteroatoms. The van der Waals surface area contributed by atoms with Gasteiger partial charge in [-0.15, -0.1) is 0 Å². The smallest absolute Gasteiger partial charge is 0.0923 e. The number of hydrogen-bond acceptors (Lipinski definition) is 1. The van der Waals surface area contributed by atoms with Gasteiger partial charge < -0.3 is 0 Å². The normalized spacial score (nSPS) is 10.7. The highest BCUT2D eigenvalue weighted by Gasteiger charge is 2.00. The van der Waals surface area contributed by atoms with Crippen LogP contribution in [0.4, 0.5) is 0 Å². The minimum absolute atomic E-state index is 0.442. The number of nitrogens with zero attached hydrogens (tertiary/aromatic N) is 2. The van der Waals surface area contributed by atoms with E-state index in [0.29, 0.717) is 6.04 Å². The molecule has 2 nitrogen and oxygen atoms in total. The fourth-order valence-corrected chi connectivity index (χ4v) is 1.25. The summed E-state index contributed by atoms with van der Waals surface area (Å²) in [5.41, 5.74) is 1.08. The number of fused-ring (bicyclic) bond motifs is 1. The van der Waals surface area contributed by atoms with E-state index in [9.17, 15) is 0 Å². The Hall–Kier alpha value is -1.31. The van der Waals surface area contributed by atoms with Gasteiger partial charge in [0.15, 0.2) is 0 Å². The van der Waals surface area contributed by atoms with E-state index in [2.05, 4.69) is 52.0 Å². The first-order valence-corrected chi connectivity index (χ1v) is 5.94. The molecule has 0 unspecified atom stereocenters. The van der Waals surface area contributed by atoms with Crippen LogP contribution in [0.3, 0.4) is 0 Å². The van der Waals surface area contributed by atoms with Crippen molar-refractivity contribution in [1.82, 2.24) is 9.78 Å². The highest BCUT2D eigenvalue weighted by molar-refractivity contribution is 5.77. The van der Waals surface area contributed by atoms with Gasteiger partial charge in [0, 0.05) is 17.6 Å². The fourth-order valence-electron chi connectivity index (χ4n) is 1.25. The lowest BCUT2D eigenvalue weighted by atomic mass is 10.3. The van der Waals surface area contributed by atoms with Gasteiger partial charge in [-0.05, 0) is 25.8 Å². The van der Waals surface area contributed by atoms with Gasteiger partial charge >= 0.3 is 0 Å². The molecular weight excluding hydrogens is 196 g/mol. The molecule has 2 aromatic rings. The summed E-state index contributed by atoms with van der Waals surface area (Å²) in [7, 11) is 0. The van der Waals surface area contributed by atoms with Crippen molar-refractivity contribution in [2.24, 2.45) is 5.92 Å². The van der Waals surface area contributed by atoms with Crippen molar-refractivity contribution in [3.05, 3.63) is 30.5 Å². The average molecular weight is 218 g/mol. The summed E-state index contributed by atoms with van der Waals surface area (Å²) in [6.45, 7) is 10.8. The largest absolute Gasteiger partial charge is 0.269 e. The highest BCUT2D eigenvalue weighted by Crippen LogP contribution is 2.13. The Kier molecular flexibility index (Phi) is 4.53. The maximum absolute atomic E-state index is 4.43. The van der Waals surface area contributed by atoms with Gasteiger partial charge in [0.05, 0.1) is 5.52 Å². The predicted molar refractivity (Wildman–Crippen MR) is 70.6 cm³/mol. The first-order valence-electron chi connectivity index (χ1n) is 5.94. The summed E-state index contributed by atoms with van der Waals surface area (Å²) in [6.07, 6.45) is 2.08. The SMILES string of the molecule is CC(C)C.CC(C)n1cc2ccccc2n1. The zero-order valence-corrected chi connectivity index (χ0v) is 10.9. The van der Waals surface area contributed by atoms with Crippen molar-refractivity contribution in [1.29, 1.82) is 0 Å². The maximum atomic E-state index is 4.43. The maximum Gasteiger partial charge on any atom is 0.0923 e. The summed E-state index contributed by atoms with van der Waals surface area (Å²) in [5.74, 6) is 0.833. The molecule has 1 heterocycles. The Balaban J connectivity index is 0.000000280. The van der Waals surface area contributed by atoms with Gasteiger partial charge in [-0.25, -0.2) is 0 Å². The highest BCUT2D eigenvalue weighted by atomic mass is 15.3. The lowest BCUT2D eigenvalue weighted by molar-refractivity contribution is 0.537. The van der Waals surface area contributed by atoms with Crippen LogP contribution in [0.1, 0.15) is 40.7 Å². The molecular formula is C14H22N2. The van der Waals surface area contributed by atoms with Crippen LogP contribution in [0.15, 0.2) is 30.5 Å². The summed E-state index contributed by atoms with van der Waals surface area (Å²) in [5, 5.41) is 5.64. The molecule has 0 N–H and O–H groups in total. The number of rotatable bonds is 1. The standard InChI is InChI=1S/C10H12N2.C4H10/c1-8(2)12-7-9-5-3-4-6-10(9)11-12;1-4(2)3/h3-8H,1-2H3;4H,1-3H3. The van der Waals surface area contributed by atoms with E-state index in [1.54, 1.807) is 0 Å². The van der Waals surface area contributed by atoms with Crippen molar-refractivity contribution in [2.75, 3.05) is 0 Å². The summed E-state index contributed by atoms with van der Waals surface area (Å²) in [6, 6.07) is 8.61. The minimum atomic E-state index is 0.442. The molecule has 2 rings (SSSR count). The van der Waals surface area contributed by atoms with E-state index in [1.807, 2.05) is 22.9 Å². The molecule has 1 aromatic carbocycles. The topological polar surface area (TPSA) is 17.8 Å². The molecule has 0 fully saturated rings. The van der Waals surface area contributed by atoms with Crippen molar-refractivity contribution in [3.63, 3.8) is 0 Å². The van der Waals surface area contributed by atoms with Crippen LogP contribution < -0.4 is 0 Å². The average Bonchev–Trinajstić information content (AvgIpc) is 2.59. The van der Waals surface area contributed by atoms with Crippen LogP contribution in [0.25, 0.3) is 10.9 Å². The second-order valence-corrected chi connectivity index (χ2v) is 4.99. The van der Waals surface area contributed by atoms with Gasteiger partial charge in [-0.1, -0.05) is 39.0 Å².